The predicted molar refractivity (Wildman–Crippen MR) is 66.4 cm³/mol. The highest BCUT2D eigenvalue weighted by molar-refractivity contribution is 6.30. The molecule has 0 unspecified atom stereocenters. The van der Waals surface area contributed by atoms with Gasteiger partial charge in [0.1, 0.15) is 0 Å². The van der Waals surface area contributed by atoms with Crippen molar-refractivity contribution in [3.63, 3.8) is 0 Å². The first-order chi connectivity index (χ1) is 8.74. The molecule has 5 nitrogen and oxygen atoms in total. The van der Waals surface area contributed by atoms with E-state index in [1.807, 2.05) is 6.20 Å². The predicted octanol–water partition coefficient (Wildman–Crippen LogP) is 1.63. The number of hydrogen-bond acceptors (Lipinski definition) is 3. The zero-order chi connectivity index (χ0) is 12.5. The summed E-state index contributed by atoms with van der Waals surface area (Å²) < 4.78 is 1.78. The van der Waals surface area contributed by atoms with E-state index >= 15 is 0 Å². The molecule has 0 aliphatic carbocycles. The third kappa shape index (κ3) is 1.97. The number of carbonyl (C=O) groups excluding carboxylic acids is 1. The third-order valence-electron chi connectivity index (χ3n) is 3.06. The molecule has 1 amide bonds. The molecule has 1 aromatic carbocycles. The summed E-state index contributed by atoms with van der Waals surface area (Å²) in [7, 11) is 0. The molecule has 3 rings (SSSR count). The maximum atomic E-state index is 12.1. The molecule has 0 radical (unpaired) electrons. The van der Waals surface area contributed by atoms with E-state index in [4.69, 9.17) is 11.6 Å². The summed E-state index contributed by atoms with van der Waals surface area (Å²) in [5, 5.41) is 8.32. The lowest BCUT2D eigenvalue weighted by atomic mass is 10.1. The first-order valence-electron chi connectivity index (χ1n) is 5.64. The van der Waals surface area contributed by atoms with Crippen LogP contribution in [0.1, 0.15) is 16.4 Å². The standard InChI is InChI=1S/C12H11ClN4O/c13-10-3-1-9(2-4-10)12(18)16-7-11(8-16)17-6-5-14-15-17/h1-6,11H,7-8H2. The van der Waals surface area contributed by atoms with Crippen molar-refractivity contribution in [2.75, 3.05) is 13.1 Å². The minimum absolute atomic E-state index is 0.0306. The van der Waals surface area contributed by atoms with Gasteiger partial charge in [-0.25, -0.2) is 4.68 Å². The van der Waals surface area contributed by atoms with Gasteiger partial charge in [0.15, 0.2) is 0 Å². The molecule has 92 valence electrons. The van der Waals surface area contributed by atoms with E-state index in [9.17, 15) is 4.79 Å². The zero-order valence-electron chi connectivity index (χ0n) is 9.53. The van der Waals surface area contributed by atoms with Gasteiger partial charge in [-0.2, -0.15) is 0 Å². The van der Waals surface area contributed by atoms with Crippen LogP contribution in [0.15, 0.2) is 36.7 Å². The number of rotatable bonds is 2. The van der Waals surface area contributed by atoms with Gasteiger partial charge in [-0.05, 0) is 24.3 Å². The molecule has 0 saturated carbocycles. The number of halogens is 1. The monoisotopic (exact) mass is 262 g/mol. The first-order valence-corrected chi connectivity index (χ1v) is 6.02. The Balaban J connectivity index is 1.65. The molecule has 1 aliphatic rings. The Morgan fingerprint density at radius 3 is 2.61 bits per heavy atom. The van der Waals surface area contributed by atoms with Crippen LogP contribution in [-0.2, 0) is 0 Å². The van der Waals surface area contributed by atoms with Crippen LogP contribution in [0.3, 0.4) is 0 Å². The summed E-state index contributed by atoms with van der Waals surface area (Å²) >= 11 is 5.79. The number of aromatic nitrogens is 3. The third-order valence-corrected chi connectivity index (χ3v) is 3.31. The van der Waals surface area contributed by atoms with Crippen molar-refractivity contribution in [3.8, 4) is 0 Å². The molecular formula is C12H11ClN4O. The molecule has 1 saturated heterocycles. The molecule has 1 fully saturated rings. The highest BCUT2D eigenvalue weighted by Gasteiger charge is 2.32. The minimum Gasteiger partial charge on any atom is -0.334 e. The van der Waals surface area contributed by atoms with Gasteiger partial charge < -0.3 is 4.90 Å². The first kappa shape index (κ1) is 11.2. The smallest absolute Gasteiger partial charge is 0.254 e. The fourth-order valence-electron chi connectivity index (χ4n) is 1.98. The summed E-state index contributed by atoms with van der Waals surface area (Å²) in [5.74, 6) is 0.0306. The lowest BCUT2D eigenvalue weighted by Crippen LogP contribution is -2.50. The SMILES string of the molecule is O=C(c1ccc(Cl)cc1)N1CC(n2ccnn2)C1. The van der Waals surface area contributed by atoms with Crippen LogP contribution < -0.4 is 0 Å². The van der Waals surface area contributed by atoms with Crippen molar-refractivity contribution in [2.24, 2.45) is 0 Å². The molecule has 0 spiro atoms. The lowest BCUT2D eigenvalue weighted by Gasteiger charge is -2.38. The quantitative estimate of drug-likeness (QED) is 0.827. The van der Waals surface area contributed by atoms with Crippen molar-refractivity contribution in [2.45, 2.75) is 6.04 Å². The van der Waals surface area contributed by atoms with Crippen molar-refractivity contribution < 1.29 is 4.79 Å². The Morgan fingerprint density at radius 2 is 2.00 bits per heavy atom. The van der Waals surface area contributed by atoms with Crippen LogP contribution in [-0.4, -0.2) is 38.9 Å². The average molecular weight is 263 g/mol. The van der Waals surface area contributed by atoms with Gasteiger partial charge in [-0.1, -0.05) is 16.8 Å². The van der Waals surface area contributed by atoms with E-state index < -0.39 is 0 Å². The van der Waals surface area contributed by atoms with Gasteiger partial charge in [0.2, 0.25) is 0 Å². The van der Waals surface area contributed by atoms with Crippen LogP contribution in [0, 0.1) is 0 Å². The van der Waals surface area contributed by atoms with Crippen LogP contribution in [0.5, 0.6) is 0 Å². The minimum atomic E-state index is 0.0306. The lowest BCUT2D eigenvalue weighted by molar-refractivity contribution is 0.0498. The van der Waals surface area contributed by atoms with Gasteiger partial charge in [0, 0.05) is 29.9 Å². The largest absolute Gasteiger partial charge is 0.334 e. The summed E-state index contributed by atoms with van der Waals surface area (Å²) in [5.41, 5.74) is 0.663. The molecular weight excluding hydrogens is 252 g/mol. The van der Waals surface area contributed by atoms with E-state index in [0.29, 0.717) is 23.7 Å². The van der Waals surface area contributed by atoms with Crippen LogP contribution >= 0.6 is 11.6 Å². The second-order valence-electron chi connectivity index (χ2n) is 4.25. The normalized spacial score (nSPS) is 15.5. The number of benzene rings is 1. The van der Waals surface area contributed by atoms with Crippen molar-refractivity contribution in [1.29, 1.82) is 0 Å². The molecule has 2 aromatic rings. The fourth-order valence-corrected chi connectivity index (χ4v) is 2.10. The number of carbonyl (C=O) groups is 1. The molecule has 1 aliphatic heterocycles. The molecule has 6 heteroatoms. The average Bonchev–Trinajstić information content (AvgIpc) is 2.81. The van der Waals surface area contributed by atoms with E-state index in [-0.39, 0.29) is 11.9 Å². The number of amides is 1. The van der Waals surface area contributed by atoms with Gasteiger partial charge in [0.05, 0.1) is 12.2 Å². The fraction of sp³-hybridized carbons (Fsp3) is 0.250. The van der Waals surface area contributed by atoms with E-state index in [1.165, 1.54) is 0 Å². The van der Waals surface area contributed by atoms with Gasteiger partial charge in [-0.3, -0.25) is 4.79 Å². The Bertz CT molecular complexity index is 546. The second kappa shape index (κ2) is 4.42. The molecule has 2 heterocycles. The molecule has 0 bridgehead atoms. The van der Waals surface area contributed by atoms with Gasteiger partial charge in [-0.15, -0.1) is 5.10 Å². The van der Waals surface area contributed by atoms with Crippen LogP contribution in [0.25, 0.3) is 0 Å². The Hall–Kier alpha value is -1.88. The summed E-state index contributed by atoms with van der Waals surface area (Å²) in [4.78, 5) is 13.9. The van der Waals surface area contributed by atoms with Gasteiger partial charge >= 0.3 is 0 Å². The number of hydrogen-bond donors (Lipinski definition) is 0. The highest BCUT2D eigenvalue weighted by atomic mass is 35.5. The van der Waals surface area contributed by atoms with Crippen molar-refractivity contribution in [3.05, 3.63) is 47.2 Å². The van der Waals surface area contributed by atoms with Gasteiger partial charge in [0.25, 0.3) is 5.91 Å². The molecule has 18 heavy (non-hydrogen) atoms. The van der Waals surface area contributed by atoms with E-state index in [0.717, 1.165) is 0 Å². The summed E-state index contributed by atoms with van der Waals surface area (Å²) in [6.45, 7) is 1.34. The molecule has 0 atom stereocenters. The Morgan fingerprint density at radius 1 is 1.28 bits per heavy atom. The number of nitrogens with zero attached hydrogens (tertiary/aromatic N) is 4. The van der Waals surface area contributed by atoms with E-state index in [2.05, 4.69) is 10.3 Å². The Labute approximate surface area is 109 Å². The maximum Gasteiger partial charge on any atom is 0.254 e. The summed E-state index contributed by atoms with van der Waals surface area (Å²) in [6, 6.07) is 7.18. The van der Waals surface area contributed by atoms with E-state index in [1.54, 1.807) is 40.0 Å². The van der Waals surface area contributed by atoms with Crippen molar-refractivity contribution >= 4 is 17.5 Å². The highest BCUT2D eigenvalue weighted by Crippen LogP contribution is 2.22. The molecule has 1 aromatic heterocycles. The topological polar surface area (TPSA) is 51.0 Å². The zero-order valence-corrected chi connectivity index (χ0v) is 10.3. The Kier molecular flexibility index (Phi) is 2.76. The van der Waals surface area contributed by atoms with Crippen LogP contribution in [0.4, 0.5) is 0 Å². The maximum absolute atomic E-state index is 12.1. The second-order valence-corrected chi connectivity index (χ2v) is 4.69. The van der Waals surface area contributed by atoms with Crippen LogP contribution in [0.2, 0.25) is 5.02 Å². The number of likely N-dealkylation sites (tertiary alicyclic amines) is 1. The van der Waals surface area contributed by atoms with Crippen molar-refractivity contribution in [1.82, 2.24) is 19.9 Å². The summed E-state index contributed by atoms with van der Waals surface area (Å²) in [6.07, 6.45) is 3.46. The molecule has 0 N–H and O–H groups in total.